The van der Waals surface area contributed by atoms with Crippen LogP contribution >= 0.6 is 0 Å². The average Bonchev–Trinajstić information content (AvgIpc) is 3.06. The molecule has 0 bridgehead atoms. The zero-order valence-corrected chi connectivity index (χ0v) is 17.8. The topological polar surface area (TPSA) is 75.0 Å². The molecular formula is C20H30N4O3S. The van der Waals surface area contributed by atoms with Crippen molar-refractivity contribution < 1.29 is 13.2 Å². The van der Waals surface area contributed by atoms with Crippen LogP contribution in [-0.4, -0.2) is 65.3 Å². The lowest BCUT2D eigenvalue weighted by molar-refractivity contribution is 0.0752. The smallest absolute Gasteiger partial charge is 0.274 e. The first-order chi connectivity index (χ1) is 13.4. The van der Waals surface area contributed by atoms with E-state index < -0.39 is 10.0 Å². The summed E-state index contributed by atoms with van der Waals surface area (Å²) in [6.45, 7) is 6.50. The van der Waals surface area contributed by atoms with Gasteiger partial charge in [-0.05, 0) is 37.8 Å². The lowest BCUT2D eigenvalue weighted by Gasteiger charge is -2.30. The van der Waals surface area contributed by atoms with Crippen molar-refractivity contribution in [3.63, 3.8) is 0 Å². The van der Waals surface area contributed by atoms with Crippen LogP contribution in [0.5, 0.6) is 0 Å². The Kier molecular flexibility index (Phi) is 6.40. The number of piperidine rings is 1. The summed E-state index contributed by atoms with van der Waals surface area (Å²) in [6, 6.07) is 5.74. The molecule has 2 aromatic rings. The number of carbonyl (C=O) groups is 1. The number of rotatable bonds is 7. The van der Waals surface area contributed by atoms with Crippen LogP contribution in [0.15, 0.2) is 24.4 Å². The van der Waals surface area contributed by atoms with Gasteiger partial charge in [0.05, 0.1) is 11.8 Å². The molecule has 3 heterocycles. The van der Waals surface area contributed by atoms with Gasteiger partial charge in [0.15, 0.2) is 5.69 Å². The van der Waals surface area contributed by atoms with Gasteiger partial charge in [-0.1, -0.05) is 19.9 Å². The van der Waals surface area contributed by atoms with Crippen LogP contribution in [0.4, 0.5) is 0 Å². The van der Waals surface area contributed by atoms with Gasteiger partial charge in [-0.25, -0.2) is 17.7 Å². The van der Waals surface area contributed by atoms with Crippen molar-refractivity contribution in [3.05, 3.63) is 35.9 Å². The average molecular weight is 407 g/mol. The molecule has 1 unspecified atom stereocenters. The molecule has 1 amide bonds. The Morgan fingerprint density at radius 2 is 1.96 bits per heavy atom. The number of hydrogen-bond donors (Lipinski definition) is 0. The first-order valence-electron chi connectivity index (χ1n) is 10.1. The third-order valence-electron chi connectivity index (χ3n) is 5.27. The molecule has 1 atom stereocenters. The standard InChI is InChI=1S/C20H30N4O3S/c1-4-11-22(12-5-2)20(25)18-17-10-6-7-14-24(17)19(21-18)16-9-8-13-23(15-16)28(3,26)27/h6-7,10,14,16H,4-5,8-9,11-13,15H2,1-3H3. The van der Waals surface area contributed by atoms with Gasteiger partial charge in [0.2, 0.25) is 10.0 Å². The highest BCUT2D eigenvalue weighted by atomic mass is 32.2. The molecule has 0 radical (unpaired) electrons. The molecule has 3 rings (SSSR count). The molecule has 1 saturated heterocycles. The largest absolute Gasteiger partial charge is 0.337 e. The van der Waals surface area contributed by atoms with Crippen LogP contribution in [-0.2, 0) is 10.0 Å². The van der Waals surface area contributed by atoms with Crippen molar-refractivity contribution in [1.29, 1.82) is 0 Å². The molecule has 2 aromatic heterocycles. The van der Waals surface area contributed by atoms with Gasteiger partial charge in [0.1, 0.15) is 5.82 Å². The summed E-state index contributed by atoms with van der Waals surface area (Å²) in [5.41, 5.74) is 1.25. The van der Waals surface area contributed by atoms with E-state index in [1.54, 1.807) is 0 Å². The van der Waals surface area contributed by atoms with E-state index in [-0.39, 0.29) is 11.8 Å². The molecule has 154 valence electrons. The molecular weight excluding hydrogens is 376 g/mol. The minimum absolute atomic E-state index is 0.0225. The number of nitrogens with zero attached hydrogens (tertiary/aromatic N) is 4. The van der Waals surface area contributed by atoms with E-state index in [1.165, 1.54) is 10.6 Å². The van der Waals surface area contributed by atoms with Crippen LogP contribution in [0.3, 0.4) is 0 Å². The number of imidazole rings is 1. The zero-order chi connectivity index (χ0) is 20.3. The highest BCUT2D eigenvalue weighted by molar-refractivity contribution is 7.88. The van der Waals surface area contributed by atoms with Gasteiger partial charge in [-0.15, -0.1) is 0 Å². The third-order valence-corrected chi connectivity index (χ3v) is 6.54. The molecule has 1 fully saturated rings. The van der Waals surface area contributed by atoms with Gasteiger partial charge >= 0.3 is 0 Å². The molecule has 7 nitrogen and oxygen atoms in total. The Bertz CT molecular complexity index is 932. The highest BCUT2D eigenvalue weighted by Crippen LogP contribution is 2.29. The van der Waals surface area contributed by atoms with Crippen molar-refractivity contribution in [1.82, 2.24) is 18.6 Å². The Morgan fingerprint density at radius 1 is 1.25 bits per heavy atom. The number of hydrogen-bond acceptors (Lipinski definition) is 4. The number of amides is 1. The summed E-state index contributed by atoms with van der Waals surface area (Å²) in [7, 11) is -3.24. The predicted molar refractivity (Wildman–Crippen MR) is 110 cm³/mol. The van der Waals surface area contributed by atoms with Crippen LogP contribution in [0.25, 0.3) is 5.52 Å². The molecule has 8 heteroatoms. The SMILES string of the molecule is CCCN(CCC)C(=O)c1nc(C2CCCN(S(C)(=O)=O)C2)n2ccccc12. The number of carbonyl (C=O) groups excluding carboxylic acids is 1. The molecule has 0 saturated carbocycles. The maximum Gasteiger partial charge on any atom is 0.274 e. The van der Waals surface area contributed by atoms with Crippen molar-refractivity contribution in [2.45, 2.75) is 45.4 Å². The summed E-state index contributed by atoms with van der Waals surface area (Å²) >= 11 is 0. The van der Waals surface area contributed by atoms with Gasteiger partial charge in [-0.3, -0.25) is 4.79 Å². The zero-order valence-electron chi connectivity index (χ0n) is 17.0. The maximum absolute atomic E-state index is 13.2. The summed E-state index contributed by atoms with van der Waals surface area (Å²) < 4.78 is 27.5. The predicted octanol–water partition coefficient (Wildman–Crippen LogP) is 2.74. The summed E-state index contributed by atoms with van der Waals surface area (Å²) in [4.78, 5) is 19.8. The molecule has 1 aliphatic rings. The Morgan fingerprint density at radius 3 is 2.61 bits per heavy atom. The first kappa shape index (κ1) is 20.8. The summed E-state index contributed by atoms with van der Waals surface area (Å²) in [5.74, 6) is 0.709. The number of pyridine rings is 1. The third kappa shape index (κ3) is 4.22. The first-order valence-corrected chi connectivity index (χ1v) is 11.9. The minimum Gasteiger partial charge on any atom is -0.337 e. The Hall–Kier alpha value is -1.93. The van der Waals surface area contributed by atoms with Crippen LogP contribution in [0.2, 0.25) is 0 Å². The second kappa shape index (κ2) is 8.61. The molecule has 1 aliphatic heterocycles. The fraction of sp³-hybridized carbons (Fsp3) is 0.600. The second-order valence-electron chi connectivity index (χ2n) is 7.53. The normalized spacial score (nSPS) is 18.5. The Balaban J connectivity index is 2.00. The molecule has 0 aliphatic carbocycles. The fourth-order valence-electron chi connectivity index (χ4n) is 3.97. The minimum atomic E-state index is -3.24. The molecule has 0 aromatic carbocycles. The summed E-state index contributed by atoms with van der Waals surface area (Å²) in [5, 5.41) is 0. The van der Waals surface area contributed by atoms with E-state index in [4.69, 9.17) is 4.98 Å². The molecule has 0 spiro atoms. The number of sulfonamides is 1. The van der Waals surface area contributed by atoms with E-state index in [2.05, 4.69) is 13.8 Å². The maximum atomic E-state index is 13.2. The van der Waals surface area contributed by atoms with Gasteiger partial charge in [-0.2, -0.15) is 0 Å². The van der Waals surface area contributed by atoms with E-state index in [0.717, 1.165) is 37.0 Å². The second-order valence-corrected chi connectivity index (χ2v) is 9.51. The quantitative estimate of drug-likeness (QED) is 0.709. The van der Waals surface area contributed by atoms with Crippen LogP contribution < -0.4 is 0 Å². The monoisotopic (exact) mass is 406 g/mol. The van der Waals surface area contributed by atoms with Crippen molar-refractivity contribution >= 4 is 21.4 Å². The lowest BCUT2D eigenvalue weighted by atomic mass is 9.99. The van der Waals surface area contributed by atoms with E-state index in [0.29, 0.717) is 31.9 Å². The van der Waals surface area contributed by atoms with E-state index >= 15 is 0 Å². The van der Waals surface area contributed by atoms with Gasteiger partial charge < -0.3 is 9.30 Å². The van der Waals surface area contributed by atoms with E-state index in [1.807, 2.05) is 33.7 Å². The number of fused-ring (bicyclic) bond motifs is 1. The molecule has 0 N–H and O–H groups in total. The van der Waals surface area contributed by atoms with Crippen molar-refractivity contribution in [2.24, 2.45) is 0 Å². The highest BCUT2D eigenvalue weighted by Gasteiger charge is 2.31. The summed E-state index contributed by atoms with van der Waals surface area (Å²) in [6.07, 6.45) is 6.62. The van der Waals surface area contributed by atoms with Crippen molar-refractivity contribution in [2.75, 3.05) is 32.4 Å². The van der Waals surface area contributed by atoms with Crippen molar-refractivity contribution in [3.8, 4) is 0 Å². The van der Waals surface area contributed by atoms with E-state index in [9.17, 15) is 13.2 Å². The van der Waals surface area contributed by atoms with Crippen LogP contribution in [0.1, 0.15) is 61.8 Å². The van der Waals surface area contributed by atoms with Gasteiger partial charge in [0, 0.05) is 38.3 Å². The lowest BCUT2D eigenvalue weighted by Crippen LogP contribution is -2.38. The Labute approximate surface area is 167 Å². The van der Waals surface area contributed by atoms with Crippen LogP contribution in [0, 0.1) is 0 Å². The molecule has 28 heavy (non-hydrogen) atoms. The fourth-order valence-corrected chi connectivity index (χ4v) is 4.88. The number of aromatic nitrogens is 2. The van der Waals surface area contributed by atoms with Gasteiger partial charge in [0.25, 0.3) is 5.91 Å².